The monoisotopic (exact) mass is 348 g/mol. The summed E-state index contributed by atoms with van der Waals surface area (Å²) in [6, 6.07) is 11.5. The Labute approximate surface area is 142 Å². The van der Waals surface area contributed by atoms with Gasteiger partial charge in [0.15, 0.2) is 0 Å². The molecule has 0 saturated carbocycles. The summed E-state index contributed by atoms with van der Waals surface area (Å²) < 4.78 is 15.0. The topological polar surface area (TPSA) is 33.2 Å². The van der Waals surface area contributed by atoms with Crippen molar-refractivity contribution >= 4 is 39.1 Å². The summed E-state index contributed by atoms with van der Waals surface area (Å²) in [6.45, 7) is 1.87. The molecule has 6 heteroatoms. The molecule has 0 spiro atoms. The quantitative estimate of drug-likeness (QED) is 0.673. The van der Waals surface area contributed by atoms with E-state index in [1.54, 1.807) is 7.05 Å². The summed E-state index contributed by atoms with van der Waals surface area (Å²) >= 11 is 7.40. The van der Waals surface area contributed by atoms with Crippen LogP contribution in [0.15, 0.2) is 42.5 Å². The Morgan fingerprint density at radius 3 is 2.78 bits per heavy atom. The third-order valence-electron chi connectivity index (χ3n) is 3.73. The molecule has 0 fully saturated rings. The van der Waals surface area contributed by atoms with Crippen LogP contribution < -0.4 is 0 Å². The van der Waals surface area contributed by atoms with Crippen LogP contribution in [0.4, 0.5) is 4.39 Å². The van der Waals surface area contributed by atoms with Gasteiger partial charge in [0.1, 0.15) is 10.8 Å². The Morgan fingerprint density at radius 1 is 1.30 bits per heavy atom. The Kier molecular flexibility index (Phi) is 4.33. The SMILES string of the molecule is CC(c1nc2ccccc2s1)N(C)C(=O)c1cc(Cl)ccc1F. The number of aromatic nitrogens is 1. The molecule has 1 aromatic heterocycles. The number of carbonyl (C=O) groups is 1. The molecule has 3 rings (SSSR count). The first-order valence-corrected chi connectivity index (χ1v) is 8.24. The highest BCUT2D eigenvalue weighted by molar-refractivity contribution is 7.18. The molecule has 0 bridgehead atoms. The molecule has 23 heavy (non-hydrogen) atoms. The number of rotatable bonds is 3. The number of benzene rings is 2. The van der Waals surface area contributed by atoms with E-state index in [-0.39, 0.29) is 11.6 Å². The van der Waals surface area contributed by atoms with E-state index in [0.717, 1.165) is 15.2 Å². The van der Waals surface area contributed by atoms with Crippen molar-refractivity contribution in [3.63, 3.8) is 0 Å². The summed E-state index contributed by atoms with van der Waals surface area (Å²) in [7, 11) is 1.64. The predicted molar refractivity (Wildman–Crippen MR) is 91.5 cm³/mol. The number of hydrogen-bond acceptors (Lipinski definition) is 3. The first kappa shape index (κ1) is 15.9. The van der Waals surface area contributed by atoms with E-state index in [0.29, 0.717) is 5.02 Å². The maximum atomic E-state index is 13.9. The summed E-state index contributed by atoms with van der Waals surface area (Å²) in [5.74, 6) is -1.00. The van der Waals surface area contributed by atoms with Crippen molar-refractivity contribution in [2.24, 2.45) is 0 Å². The van der Waals surface area contributed by atoms with E-state index < -0.39 is 11.7 Å². The smallest absolute Gasteiger partial charge is 0.257 e. The van der Waals surface area contributed by atoms with Gasteiger partial charge in [-0.05, 0) is 37.3 Å². The van der Waals surface area contributed by atoms with Crippen molar-refractivity contribution in [3.8, 4) is 0 Å². The minimum absolute atomic E-state index is 0.0343. The summed E-state index contributed by atoms with van der Waals surface area (Å²) in [5, 5.41) is 1.14. The lowest BCUT2D eigenvalue weighted by atomic mass is 10.1. The minimum Gasteiger partial charge on any atom is -0.332 e. The van der Waals surface area contributed by atoms with E-state index in [2.05, 4.69) is 4.98 Å². The summed E-state index contributed by atoms with van der Waals surface area (Å²) in [4.78, 5) is 18.6. The zero-order valence-electron chi connectivity index (χ0n) is 12.6. The second kappa shape index (κ2) is 6.26. The number of carbonyl (C=O) groups excluding carboxylic acids is 1. The summed E-state index contributed by atoms with van der Waals surface area (Å²) in [5.41, 5.74) is 0.863. The van der Waals surface area contributed by atoms with Crippen molar-refractivity contribution in [1.82, 2.24) is 9.88 Å². The van der Waals surface area contributed by atoms with E-state index in [1.165, 1.54) is 34.4 Å². The minimum atomic E-state index is -0.581. The van der Waals surface area contributed by atoms with Crippen LogP contribution in [-0.2, 0) is 0 Å². The number of fused-ring (bicyclic) bond motifs is 1. The molecule has 0 N–H and O–H groups in total. The predicted octanol–water partition coefficient (Wildman–Crippen LogP) is 4.92. The Morgan fingerprint density at radius 2 is 2.04 bits per heavy atom. The normalized spacial score (nSPS) is 12.3. The van der Waals surface area contributed by atoms with Crippen LogP contribution in [0, 0.1) is 5.82 Å². The fourth-order valence-corrected chi connectivity index (χ4v) is 3.50. The number of thiazole rings is 1. The van der Waals surface area contributed by atoms with Crippen LogP contribution in [-0.4, -0.2) is 22.8 Å². The van der Waals surface area contributed by atoms with Gasteiger partial charge in [0, 0.05) is 12.1 Å². The van der Waals surface area contributed by atoms with Crippen LogP contribution in [0.25, 0.3) is 10.2 Å². The average Bonchev–Trinajstić information content (AvgIpc) is 2.99. The molecular weight excluding hydrogens is 335 g/mol. The molecule has 2 aromatic carbocycles. The highest BCUT2D eigenvalue weighted by atomic mass is 35.5. The number of nitrogens with zero attached hydrogens (tertiary/aromatic N) is 2. The zero-order chi connectivity index (χ0) is 16.6. The standard InChI is InChI=1S/C17H14ClFN2OS/c1-10(16-20-14-5-3-4-6-15(14)23-16)21(2)17(22)12-9-11(18)7-8-13(12)19/h3-10H,1-2H3. The second-order valence-corrected chi connectivity index (χ2v) is 6.73. The van der Waals surface area contributed by atoms with Gasteiger partial charge in [-0.3, -0.25) is 4.79 Å². The Bertz CT molecular complexity index is 847. The molecule has 3 nitrogen and oxygen atoms in total. The Balaban J connectivity index is 1.90. The van der Waals surface area contributed by atoms with Crippen molar-refractivity contribution in [2.45, 2.75) is 13.0 Å². The maximum absolute atomic E-state index is 13.9. The van der Waals surface area contributed by atoms with E-state index in [9.17, 15) is 9.18 Å². The molecular formula is C17H14ClFN2OS. The number of amides is 1. The summed E-state index contributed by atoms with van der Waals surface area (Å²) in [6.07, 6.45) is 0. The molecule has 1 atom stereocenters. The van der Waals surface area contributed by atoms with E-state index >= 15 is 0 Å². The molecule has 1 amide bonds. The molecule has 1 unspecified atom stereocenters. The zero-order valence-corrected chi connectivity index (χ0v) is 14.2. The van der Waals surface area contributed by atoms with Crippen LogP contribution in [0.2, 0.25) is 5.02 Å². The lowest BCUT2D eigenvalue weighted by Gasteiger charge is -2.23. The molecule has 0 aliphatic heterocycles. The lowest BCUT2D eigenvalue weighted by molar-refractivity contribution is 0.0738. The number of halogens is 2. The van der Waals surface area contributed by atoms with Gasteiger partial charge in [0.05, 0.1) is 21.8 Å². The third-order valence-corrected chi connectivity index (χ3v) is 5.17. The van der Waals surface area contributed by atoms with Crippen molar-refractivity contribution in [3.05, 3.63) is 63.9 Å². The average molecular weight is 349 g/mol. The van der Waals surface area contributed by atoms with Crippen molar-refractivity contribution < 1.29 is 9.18 Å². The molecule has 0 radical (unpaired) electrons. The van der Waals surface area contributed by atoms with Crippen LogP contribution in [0.1, 0.15) is 28.3 Å². The van der Waals surface area contributed by atoms with E-state index in [4.69, 9.17) is 11.6 Å². The van der Waals surface area contributed by atoms with Gasteiger partial charge >= 0.3 is 0 Å². The van der Waals surface area contributed by atoms with Crippen LogP contribution >= 0.6 is 22.9 Å². The first-order chi connectivity index (χ1) is 11.0. The van der Waals surface area contributed by atoms with Crippen LogP contribution in [0.5, 0.6) is 0 Å². The molecule has 118 valence electrons. The number of para-hydroxylation sites is 1. The first-order valence-electron chi connectivity index (χ1n) is 7.05. The highest BCUT2D eigenvalue weighted by Crippen LogP contribution is 2.30. The third kappa shape index (κ3) is 3.07. The van der Waals surface area contributed by atoms with Gasteiger partial charge in [-0.25, -0.2) is 9.37 Å². The van der Waals surface area contributed by atoms with Crippen molar-refractivity contribution in [2.75, 3.05) is 7.05 Å². The van der Waals surface area contributed by atoms with Gasteiger partial charge in [0.2, 0.25) is 0 Å². The van der Waals surface area contributed by atoms with Gasteiger partial charge in [-0.15, -0.1) is 11.3 Å². The Hall–Kier alpha value is -1.98. The fraction of sp³-hybridized carbons (Fsp3) is 0.176. The lowest BCUT2D eigenvalue weighted by Crippen LogP contribution is -2.30. The van der Waals surface area contributed by atoms with Gasteiger partial charge in [-0.2, -0.15) is 0 Å². The maximum Gasteiger partial charge on any atom is 0.257 e. The molecule has 0 aliphatic rings. The van der Waals surface area contributed by atoms with Gasteiger partial charge < -0.3 is 4.90 Å². The highest BCUT2D eigenvalue weighted by Gasteiger charge is 2.24. The molecule has 3 aromatic rings. The van der Waals surface area contributed by atoms with Gasteiger partial charge in [-0.1, -0.05) is 23.7 Å². The fourth-order valence-electron chi connectivity index (χ4n) is 2.26. The van der Waals surface area contributed by atoms with Crippen LogP contribution in [0.3, 0.4) is 0 Å². The molecule has 1 heterocycles. The number of hydrogen-bond donors (Lipinski definition) is 0. The van der Waals surface area contributed by atoms with E-state index in [1.807, 2.05) is 31.2 Å². The second-order valence-electron chi connectivity index (χ2n) is 5.24. The largest absolute Gasteiger partial charge is 0.332 e. The molecule has 0 saturated heterocycles. The van der Waals surface area contributed by atoms with Gasteiger partial charge in [0.25, 0.3) is 5.91 Å². The van der Waals surface area contributed by atoms with Crippen molar-refractivity contribution in [1.29, 1.82) is 0 Å². The molecule has 0 aliphatic carbocycles.